The van der Waals surface area contributed by atoms with Gasteiger partial charge in [-0.2, -0.15) is 0 Å². The Balaban J connectivity index is 0.00000392. The molecule has 1 atom stereocenters. The van der Waals surface area contributed by atoms with Crippen LogP contribution in [0, 0.1) is 0 Å². The Morgan fingerprint density at radius 3 is 2.46 bits per heavy atom. The number of nitrogens with two attached hydrogens (primary N) is 2. The Hall–Kier alpha value is -3.05. The number of thiazole rings is 1. The molecule has 1 aromatic carbocycles. The van der Waals surface area contributed by atoms with Crippen LogP contribution in [0.1, 0.15) is 27.8 Å². The molecule has 1 aromatic heterocycles. The lowest BCUT2D eigenvalue weighted by atomic mass is 10.2. The minimum atomic E-state index is -0.603. The number of methoxy groups -OCH3 is 2. The van der Waals surface area contributed by atoms with Crippen molar-refractivity contribution in [3.8, 4) is 11.5 Å². The number of guanidine groups is 1. The first-order valence-electron chi connectivity index (χ1n) is 7.72. The van der Waals surface area contributed by atoms with Crippen LogP contribution >= 0.6 is 23.7 Å². The lowest BCUT2D eigenvalue weighted by Gasteiger charge is -2.09. The summed E-state index contributed by atoms with van der Waals surface area (Å²) in [6.07, 6.45) is -0.603. The molecule has 0 saturated carbocycles. The number of anilines is 1. The Kier molecular flexibility index (Phi) is 8.48. The van der Waals surface area contributed by atoms with E-state index in [2.05, 4.69) is 20.6 Å². The molecule has 0 aliphatic heterocycles. The number of halogens is 1. The fourth-order valence-corrected chi connectivity index (χ4v) is 2.79. The lowest BCUT2D eigenvalue weighted by Crippen LogP contribution is -2.35. The van der Waals surface area contributed by atoms with Gasteiger partial charge in [-0.05, 0) is 25.1 Å². The van der Waals surface area contributed by atoms with Crippen LogP contribution < -0.4 is 31.6 Å². The summed E-state index contributed by atoms with van der Waals surface area (Å²) in [6.45, 7) is 1.61. The summed E-state index contributed by atoms with van der Waals surface area (Å²) in [5.74, 6) is -0.0549. The van der Waals surface area contributed by atoms with E-state index in [1.807, 2.05) is 0 Å². The monoisotopic (exact) mass is 428 g/mol. The predicted molar refractivity (Wildman–Crippen MR) is 110 cm³/mol. The van der Waals surface area contributed by atoms with Crippen molar-refractivity contribution in [1.82, 2.24) is 10.3 Å². The number of aromatic nitrogens is 1. The fourth-order valence-electron chi connectivity index (χ4n) is 2.10. The van der Waals surface area contributed by atoms with Gasteiger partial charge in [0.15, 0.2) is 22.6 Å². The first-order valence-corrected chi connectivity index (χ1v) is 8.60. The number of hydrogen-bond acceptors (Lipinski definition) is 7. The molecule has 2 aromatic rings. The SMILES string of the molecule is COc1ccc(C(=O)Nc2nc(C(=O)NC(C)N=C(N)N)cs2)cc1OC.Cl. The van der Waals surface area contributed by atoms with Crippen molar-refractivity contribution >= 4 is 46.6 Å². The summed E-state index contributed by atoms with van der Waals surface area (Å²) in [5, 5.41) is 6.99. The number of carbonyl (C=O) groups is 2. The molecule has 0 saturated heterocycles. The molecule has 1 heterocycles. The van der Waals surface area contributed by atoms with Crippen LogP contribution in [-0.2, 0) is 0 Å². The molecule has 12 heteroatoms. The molecular formula is C16H21ClN6O4S. The zero-order valence-electron chi connectivity index (χ0n) is 15.4. The van der Waals surface area contributed by atoms with Crippen LogP contribution in [0.4, 0.5) is 5.13 Å². The van der Waals surface area contributed by atoms with Crippen molar-refractivity contribution in [3.63, 3.8) is 0 Å². The third-order valence-corrected chi connectivity index (χ3v) is 4.04. The third-order valence-electron chi connectivity index (χ3n) is 3.29. The van der Waals surface area contributed by atoms with E-state index in [1.54, 1.807) is 25.1 Å². The van der Waals surface area contributed by atoms with Crippen molar-refractivity contribution < 1.29 is 19.1 Å². The third kappa shape index (κ3) is 5.99. The summed E-state index contributed by atoms with van der Waals surface area (Å²) >= 11 is 1.11. The molecule has 0 fully saturated rings. The van der Waals surface area contributed by atoms with Crippen molar-refractivity contribution in [2.45, 2.75) is 13.1 Å². The fraction of sp³-hybridized carbons (Fsp3) is 0.250. The number of nitrogens with zero attached hydrogens (tertiary/aromatic N) is 2. The standard InChI is InChI=1S/C16H20N6O4S.ClH/c1-8(20-15(17)18)19-14(24)10-7-27-16(21-10)22-13(23)9-4-5-11(25-2)12(6-9)26-3;/h4-8H,1-3H3,(H,19,24)(H4,17,18,20)(H,21,22,23);1H. The number of aliphatic imine (C=N–C) groups is 1. The van der Waals surface area contributed by atoms with Crippen molar-refractivity contribution in [2.24, 2.45) is 16.5 Å². The zero-order valence-corrected chi connectivity index (χ0v) is 17.0. The van der Waals surface area contributed by atoms with Gasteiger partial charge in [-0.25, -0.2) is 9.98 Å². The van der Waals surface area contributed by atoms with Gasteiger partial charge in [-0.15, -0.1) is 23.7 Å². The highest BCUT2D eigenvalue weighted by Crippen LogP contribution is 2.28. The van der Waals surface area contributed by atoms with E-state index in [4.69, 9.17) is 20.9 Å². The molecule has 152 valence electrons. The Morgan fingerprint density at radius 1 is 1.18 bits per heavy atom. The van der Waals surface area contributed by atoms with Gasteiger partial charge in [0.2, 0.25) is 0 Å². The molecule has 2 amide bonds. The summed E-state index contributed by atoms with van der Waals surface area (Å²) in [5.41, 5.74) is 11.0. The van der Waals surface area contributed by atoms with E-state index < -0.39 is 18.0 Å². The van der Waals surface area contributed by atoms with Gasteiger partial charge in [0.05, 0.1) is 14.2 Å². The topological polar surface area (TPSA) is 154 Å². The molecule has 0 aliphatic carbocycles. The molecule has 0 aliphatic rings. The van der Waals surface area contributed by atoms with Crippen LogP contribution in [0.2, 0.25) is 0 Å². The number of carbonyl (C=O) groups excluding carboxylic acids is 2. The second-order valence-corrected chi connectivity index (χ2v) is 6.12. The highest BCUT2D eigenvalue weighted by Gasteiger charge is 2.16. The Bertz CT molecular complexity index is 869. The van der Waals surface area contributed by atoms with E-state index in [0.717, 1.165) is 11.3 Å². The maximum Gasteiger partial charge on any atom is 0.272 e. The zero-order chi connectivity index (χ0) is 20.0. The van der Waals surface area contributed by atoms with Gasteiger partial charge in [-0.1, -0.05) is 0 Å². The van der Waals surface area contributed by atoms with Gasteiger partial charge >= 0.3 is 0 Å². The molecule has 1 unspecified atom stereocenters. The Labute approximate surface area is 171 Å². The smallest absolute Gasteiger partial charge is 0.272 e. The lowest BCUT2D eigenvalue weighted by molar-refractivity contribution is 0.0936. The minimum absolute atomic E-state index is 0. The van der Waals surface area contributed by atoms with E-state index in [-0.39, 0.29) is 29.2 Å². The van der Waals surface area contributed by atoms with E-state index >= 15 is 0 Å². The second kappa shape index (κ2) is 10.3. The molecule has 2 rings (SSSR count). The average molecular weight is 429 g/mol. The van der Waals surface area contributed by atoms with E-state index in [9.17, 15) is 9.59 Å². The maximum atomic E-state index is 12.4. The van der Waals surface area contributed by atoms with Crippen molar-refractivity contribution in [3.05, 3.63) is 34.8 Å². The molecule has 28 heavy (non-hydrogen) atoms. The molecular weight excluding hydrogens is 408 g/mol. The largest absolute Gasteiger partial charge is 0.493 e. The molecule has 6 N–H and O–H groups in total. The first-order chi connectivity index (χ1) is 12.8. The first kappa shape index (κ1) is 23.0. The van der Waals surface area contributed by atoms with Gasteiger partial charge < -0.3 is 26.3 Å². The molecule has 10 nitrogen and oxygen atoms in total. The summed E-state index contributed by atoms with van der Waals surface area (Å²) < 4.78 is 10.3. The van der Waals surface area contributed by atoms with Gasteiger partial charge in [0.25, 0.3) is 11.8 Å². The summed E-state index contributed by atoms with van der Waals surface area (Å²) in [7, 11) is 2.99. The number of amides is 2. The number of benzene rings is 1. The quantitative estimate of drug-likeness (QED) is 0.381. The number of hydrogen-bond donors (Lipinski definition) is 4. The van der Waals surface area contributed by atoms with Crippen LogP contribution in [0.5, 0.6) is 11.5 Å². The van der Waals surface area contributed by atoms with Crippen molar-refractivity contribution in [2.75, 3.05) is 19.5 Å². The Morgan fingerprint density at radius 2 is 1.86 bits per heavy atom. The minimum Gasteiger partial charge on any atom is -0.493 e. The van der Waals surface area contributed by atoms with Crippen LogP contribution in [0.3, 0.4) is 0 Å². The van der Waals surface area contributed by atoms with Crippen LogP contribution in [-0.4, -0.2) is 43.1 Å². The molecule has 0 radical (unpaired) electrons. The molecule has 0 spiro atoms. The number of rotatable bonds is 7. The normalized spacial score (nSPS) is 10.8. The number of nitrogens with one attached hydrogen (secondary N) is 2. The van der Waals surface area contributed by atoms with E-state index in [1.165, 1.54) is 19.6 Å². The predicted octanol–water partition coefficient (Wildman–Crippen LogP) is 1.18. The summed E-state index contributed by atoms with van der Waals surface area (Å²) in [4.78, 5) is 32.4. The van der Waals surface area contributed by atoms with E-state index in [0.29, 0.717) is 17.1 Å². The molecule has 0 bridgehead atoms. The van der Waals surface area contributed by atoms with Gasteiger partial charge in [0.1, 0.15) is 11.9 Å². The van der Waals surface area contributed by atoms with Gasteiger partial charge in [0, 0.05) is 10.9 Å². The number of ether oxygens (including phenoxy) is 2. The highest BCUT2D eigenvalue weighted by atomic mass is 35.5. The van der Waals surface area contributed by atoms with Gasteiger partial charge in [-0.3, -0.25) is 14.9 Å². The second-order valence-electron chi connectivity index (χ2n) is 5.27. The van der Waals surface area contributed by atoms with Crippen LogP contribution in [0.15, 0.2) is 28.6 Å². The highest BCUT2D eigenvalue weighted by molar-refractivity contribution is 7.14. The average Bonchev–Trinajstić information content (AvgIpc) is 3.08. The van der Waals surface area contributed by atoms with Crippen molar-refractivity contribution in [1.29, 1.82) is 0 Å². The summed E-state index contributed by atoms with van der Waals surface area (Å²) in [6, 6.07) is 4.76. The maximum absolute atomic E-state index is 12.4. The van der Waals surface area contributed by atoms with Crippen LogP contribution in [0.25, 0.3) is 0 Å².